The lowest BCUT2D eigenvalue weighted by molar-refractivity contribution is -0.147. The smallest absolute Gasteiger partial charge is 0.330 e. The molecule has 0 bridgehead atoms. The van der Waals surface area contributed by atoms with Crippen molar-refractivity contribution in [3.05, 3.63) is 29.8 Å². The summed E-state index contributed by atoms with van der Waals surface area (Å²) in [7, 11) is 1.19. The molecule has 6 nitrogen and oxygen atoms in total. The lowest BCUT2D eigenvalue weighted by atomic mass is 10.1. The molecule has 6 heteroatoms. The number of rotatable bonds is 4. The minimum Gasteiger partial charge on any atom is -0.480 e. The molecule has 2 N–H and O–H groups in total. The highest BCUT2D eigenvalue weighted by Gasteiger charge is 2.31. The molecule has 2 unspecified atom stereocenters. The van der Waals surface area contributed by atoms with Gasteiger partial charge in [0.2, 0.25) is 0 Å². The third-order valence-electron chi connectivity index (χ3n) is 2.92. The number of aliphatic hydroxyl groups excluding tert-OH is 1. The van der Waals surface area contributed by atoms with Crippen molar-refractivity contribution < 1.29 is 24.2 Å². The minimum atomic E-state index is -1.06. The molecule has 0 saturated heterocycles. The fourth-order valence-electron chi connectivity index (χ4n) is 1.91. The summed E-state index contributed by atoms with van der Waals surface area (Å²) in [4.78, 5) is 23.2. The van der Waals surface area contributed by atoms with Crippen molar-refractivity contribution >= 4 is 11.9 Å². The van der Waals surface area contributed by atoms with Crippen LogP contribution in [0.1, 0.15) is 5.56 Å². The van der Waals surface area contributed by atoms with Gasteiger partial charge in [0, 0.05) is 6.42 Å². The maximum Gasteiger partial charge on any atom is 0.330 e. The molecule has 2 rings (SSSR count). The Balaban J connectivity index is 1.97. The first-order valence-corrected chi connectivity index (χ1v) is 5.89. The van der Waals surface area contributed by atoms with Gasteiger partial charge in [-0.25, -0.2) is 4.79 Å². The summed E-state index contributed by atoms with van der Waals surface area (Å²) < 4.78 is 9.96. The second-order valence-corrected chi connectivity index (χ2v) is 4.19. The van der Waals surface area contributed by atoms with E-state index < -0.39 is 30.6 Å². The van der Waals surface area contributed by atoms with Crippen molar-refractivity contribution in [2.45, 2.75) is 18.6 Å². The standard InChI is InChI=1S/C13H15NO5/c1-18-13(17)9(7-15)14-12(16)11-6-8-4-2-3-5-10(8)19-11/h2-5,9,11,15H,6-7H2,1H3,(H,14,16). The highest BCUT2D eigenvalue weighted by molar-refractivity contribution is 5.88. The molecule has 0 saturated carbocycles. The van der Waals surface area contributed by atoms with Crippen molar-refractivity contribution in [2.75, 3.05) is 13.7 Å². The number of esters is 1. The molecule has 0 aromatic heterocycles. The Morgan fingerprint density at radius 1 is 1.53 bits per heavy atom. The lowest BCUT2D eigenvalue weighted by Crippen LogP contribution is -2.49. The van der Waals surface area contributed by atoms with Crippen molar-refractivity contribution in [1.82, 2.24) is 5.32 Å². The number of amides is 1. The number of ether oxygens (including phenoxy) is 2. The van der Waals surface area contributed by atoms with Gasteiger partial charge in [-0.2, -0.15) is 0 Å². The Morgan fingerprint density at radius 3 is 2.89 bits per heavy atom. The molecule has 1 aromatic rings. The summed E-state index contributed by atoms with van der Waals surface area (Å²) >= 11 is 0. The van der Waals surface area contributed by atoms with Gasteiger partial charge >= 0.3 is 5.97 Å². The van der Waals surface area contributed by atoms with E-state index in [-0.39, 0.29) is 0 Å². The summed E-state index contributed by atoms with van der Waals surface area (Å²) in [6, 6.07) is 6.29. The molecule has 19 heavy (non-hydrogen) atoms. The second kappa shape index (κ2) is 5.71. The molecule has 0 spiro atoms. The minimum absolute atomic E-state index is 0.444. The largest absolute Gasteiger partial charge is 0.480 e. The van der Waals surface area contributed by atoms with Gasteiger partial charge in [-0.05, 0) is 11.6 Å². The zero-order chi connectivity index (χ0) is 13.8. The van der Waals surface area contributed by atoms with Crippen molar-refractivity contribution in [1.29, 1.82) is 0 Å². The number of hydrogen-bond acceptors (Lipinski definition) is 5. The summed E-state index contributed by atoms with van der Waals surface area (Å²) in [6.45, 7) is -0.516. The van der Waals surface area contributed by atoms with Gasteiger partial charge < -0.3 is 19.9 Å². The number of fused-ring (bicyclic) bond motifs is 1. The van der Waals surface area contributed by atoms with Crippen molar-refractivity contribution in [2.24, 2.45) is 0 Å². The van der Waals surface area contributed by atoms with Crippen LogP contribution in [0.2, 0.25) is 0 Å². The van der Waals surface area contributed by atoms with E-state index in [1.54, 1.807) is 6.07 Å². The molecule has 0 fully saturated rings. The summed E-state index contributed by atoms with van der Waals surface area (Å²) in [5, 5.41) is 11.4. The van der Waals surface area contributed by atoms with Crippen LogP contribution in [0.15, 0.2) is 24.3 Å². The van der Waals surface area contributed by atoms with E-state index >= 15 is 0 Å². The van der Waals surface area contributed by atoms with Crippen LogP contribution in [-0.4, -0.2) is 42.8 Å². The quantitative estimate of drug-likeness (QED) is 0.726. The Kier molecular flexibility index (Phi) is 4.01. The van der Waals surface area contributed by atoms with Crippen LogP contribution in [0.3, 0.4) is 0 Å². The van der Waals surface area contributed by atoms with Crippen molar-refractivity contribution in [3.63, 3.8) is 0 Å². The van der Waals surface area contributed by atoms with Crippen molar-refractivity contribution in [3.8, 4) is 5.75 Å². The fraction of sp³-hybridized carbons (Fsp3) is 0.385. The van der Waals surface area contributed by atoms with E-state index in [0.717, 1.165) is 5.56 Å². The first-order chi connectivity index (χ1) is 9.15. The molecule has 1 amide bonds. The molecule has 2 atom stereocenters. The van der Waals surface area contributed by atoms with Crippen LogP contribution in [0.4, 0.5) is 0 Å². The Hall–Kier alpha value is -2.08. The van der Waals surface area contributed by atoms with E-state index in [1.165, 1.54) is 7.11 Å². The summed E-state index contributed by atoms with van der Waals surface area (Å²) in [5.74, 6) is -0.465. The lowest BCUT2D eigenvalue weighted by Gasteiger charge is -2.16. The summed E-state index contributed by atoms with van der Waals surface area (Å²) in [6.07, 6.45) is -0.238. The molecular formula is C13H15NO5. The third kappa shape index (κ3) is 2.85. The number of aliphatic hydroxyl groups is 1. The Morgan fingerprint density at radius 2 is 2.26 bits per heavy atom. The molecule has 1 aliphatic rings. The zero-order valence-corrected chi connectivity index (χ0v) is 10.5. The van der Waals surface area contributed by atoms with Crippen LogP contribution in [0, 0.1) is 0 Å². The molecule has 1 aliphatic heterocycles. The van der Waals surface area contributed by atoms with Crippen LogP contribution in [-0.2, 0) is 20.7 Å². The van der Waals surface area contributed by atoms with Gasteiger partial charge in [-0.3, -0.25) is 4.79 Å². The van der Waals surface area contributed by atoms with Crippen LogP contribution < -0.4 is 10.1 Å². The second-order valence-electron chi connectivity index (χ2n) is 4.19. The van der Waals surface area contributed by atoms with E-state index in [2.05, 4.69) is 10.1 Å². The number of methoxy groups -OCH3 is 1. The molecule has 1 heterocycles. The first kappa shape index (κ1) is 13.4. The highest BCUT2D eigenvalue weighted by atomic mass is 16.5. The summed E-state index contributed by atoms with van der Waals surface area (Å²) in [5.41, 5.74) is 0.946. The number of carbonyl (C=O) groups excluding carboxylic acids is 2. The Labute approximate surface area is 110 Å². The first-order valence-electron chi connectivity index (χ1n) is 5.89. The highest BCUT2D eigenvalue weighted by Crippen LogP contribution is 2.28. The van der Waals surface area contributed by atoms with Gasteiger partial charge in [0.25, 0.3) is 5.91 Å². The predicted octanol–water partition coefficient (Wildman–Crippen LogP) is -0.360. The van der Waals surface area contributed by atoms with Crippen LogP contribution in [0.5, 0.6) is 5.75 Å². The number of nitrogens with one attached hydrogen (secondary N) is 1. The fourth-order valence-corrected chi connectivity index (χ4v) is 1.91. The Bertz CT molecular complexity index is 463. The van der Waals surface area contributed by atoms with Gasteiger partial charge in [0.15, 0.2) is 12.1 Å². The molecule has 0 radical (unpaired) electrons. The number of hydrogen-bond donors (Lipinski definition) is 2. The maximum atomic E-state index is 11.9. The topological polar surface area (TPSA) is 84.9 Å². The third-order valence-corrected chi connectivity index (χ3v) is 2.92. The SMILES string of the molecule is COC(=O)C(CO)NC(=O)C1Cc2ccccc2O1. The van der Waals surface area contributed by atoms with Gasteiger partial charge in [0.1, 0.15) is 5.75 Å². The monoisotopic (exact) mass is 265 g/mol. The molecule has 0 aliphatic carbocycles. The van der Waals surface area contributed by atoms with Crippen LogP contribution in [0.25, 0.3) is 0 Å². The molecular weight excluding hydrogens is 250 g/mol. The number of para-hydroxylation sites is 1. The van der Waals surface area contributed by atoms with E-state index in [4.69, 9.17) is 9.84 Å². The zero-order valence-electron chi connectivity index (χ0n) is 10.5. The van der Waals surface area contributed by atoms with E-state index in [1.807, 2.05) is 18.2 Å². The average molecular weight is 265 g/mol. The number of benzene rings is 1. The van der Waals surface area contributed by atoms with Crippen LogP contribution >= 0.6 is 0 Å². The van der Waals surface area contributed by atoms with Gasteiger partial charge in [-0.15, -0.1) is 0 Å². The normalized spacial score (nSPS) is 18.1. The maximum absolute atomic E-state index is 11.9. The van der Waals surface area contributed by atoms with E-state index in [9.17, 15) is 9.59 Å². The average Bonchev–Trinajstić information content (AvgIpc) is 2.87. The predicted molar refractivity (Wildman–Crippen MR) is 65.6 cm³/mol. The molecule has 102 valence electrons. The van der Waals surface area contributed by atoms with Gasteiger partial charge in [0.05, 0.1) is 13.7 Å². The molecule has 1 aromatic carbocycles. The van der Waals surface area contributed by atoms with Gasteiger partial charge in [-0.1, -0.05) is 18.2 Å². The number of carbonyl (C=O) groups is 2. The van der Waals surface area contributed by atoms with E-state index in [0.29, 0.717) is 12.2 Å².